The number of nitrogens with zero attached hydrogens (tertiary/aromatic N) is 2. The molecule has 0 amide bonds. The van der Waals surface area contributed by atoms with Crippen molar-refractivity contribution in [1.82, 2.24) is 15.1 Å². The summed E-state index contributed by atoms with van der Waals surface area (Å²) < 4.78 is 7.33. The summed E-state index contributed by atoms with van der Waals surface area (Å²) in [5.41, 5.74) is 1.22. The Labute approximate surface area is 98.0 Å². The van der Waals surface area contributed by atoms with Gasteiger partial charge in [0.25, 0.3) is 0 Å². The standard InChI is InChI=1S/C12H23N3O/c1-4-16-8-7-15-12(5-6-14-15)10-13-9-11(2)3/h5-6,11,13H,4,7-10H2,1-3H3. The number of aromatic nitrogens is 2. The first-order valence-corrected chi connectivity index (χ1v) is 6.03. The predicted molar refractivity (Wildman–Crippen MR) is 65.3 cm³/mol. The highest BCUT2D eigenvalue weighted by Gasteiger charge is 2.02. The van der Waals surface area contributed by atoms with E-state index in [1.807, 2.05) is 17.8 Å². The minimum Gasteiger partial charge on any atom is -0.380 e. The molecule has 0 unspecified atom stereocenters. The Morgan fingerprint density at radius 1 is 1.50 bits per heavy atom. The second-order valence-corrected chi connectivity index (χ2v) is 4.27. The minimum absolute atomic E-state index is 0.680. The van der Waals surface area contributed by atoms with Gasteiger partial charge in [0.05, 0.1) is 18.8 Å². The van der Waals surface area contributed by atoms with Crippen LogP contribution in [0.5, 0.6) is 0 Å². The summed E-state index contributed by atoms with van der Waals surface area (Å²) in [7, 11) is 0. The van der Waals surface area contributed by atoms with Crippen LogP contribution < -0.4 is 5.32 Å². The van der Waals surface area contributed by atoms with Crippen molar-refractivity contribution in [2.45, 2.75) is 33.9 Å². The third kappa shape index (κ3) is 4.77. The number of rotatable bonds is 8. The van der Waals surface area contributed by atoms with E-state index in [9.17, 15) is 0 Å². The average Bonchev–Trinajstić information content (AvgIpc) is 2.66. The van der Waals surface area contributed by atoms with Crippen molar-refractivity contribution in [3.05, 3.63) is 18.0 Å². The number of ether oxygens (including phenoxy) is 1. The highest BCUT2D eigenvalue weighted by Crippen LogP contribution is 1.99. The summed E-state index contributed by atoms with van der Waals surface area (Å²) in [6.07, 6.45) is 1.85. The largest absolute Gasteiger partial charge is 0.380 e. The van der Waals surface area contributed by atoms with Gasteiger partial charge in [0, 0.05) is 19.3 Å². The van der Waals surface area contributed by atoms with Crippen LogP contribution in [-0.2, 0) is 17.8 Å². The van der Waals surface area contributed by atoms with Gasteiger partial charge >= 0.3 is 0 Å². The molecule has 92 valence electrons. The molecule has 0 aromatic carbocycles. The molecule has 1 heterocycles. The zero-order valence-electron chi connectivity index (χ0n) is 10.6. The molecular formula is C12H23N3O. The van der Waals surface area contributed by atoms with Crippen LogP contribution in [0.1, 0.15) is 26.5 Å². The zero-order valence-corrected chi connectivity index (χ0v) is 10.6. The van der Waals surface area contributed by atoms with E-state index in [0.29, 0.717) is 5.92 Å². The van der Waals surface area contributed by atoms with Crippen molar-refractivity contribution >= 4 is 0 Å². The topological polar surface area (TPSA) is 39.1 Å². The summed E-state index contributed by atoms with van der Waals surface area (Å²) >= 11 is 0. The molecule has 4 heteroatoms. The van der Waals surface area contributed by atoms with Crippen molar-refractivity contribution in [2.75, 3.05) is 19.8 Å². The number of nitrogens with one attached hydrogen (secondary N) is 1. The maximum atomic E-state index is 5.32. The summed E-state index contributed by atoms with van der Waals surface area (Å²) in [5, 5.41) is 7.70. The van der Waals surface area contributed by atoms with E-state index in [0.717, 1.165) is 32.8 Å². The quantitative estimate of drug-likeness (QED) is 0.684. The van der Waals surface area contributed by atoms with Crippen LogP contribution in [0.2, 0.25) is 0 Å². The normalized spacial score (nSPS) is 11.2. The van der Waals surface area contributed by atoms with Crippen molar-refractivity contribution in [3.63, 3.8) is 0 Å². The van der Waals surface area contributed by atoms with Crippen LogP contribution in [0.3, 0.4) is 0 Å². The molecule has 0 saturated heterocycles. The van der Waals surface area contributed by atoms with Gasteiger partial charge in [-0.15, -0.1) is 0 Å². The van der Waals surface area contributed by atoms with Gasteiger partial charge in [-0.3, -0.25) is 4.68 Å². The SMILES string of the molecule is CCOCCn1nccc1CNCC(C)C. The number of hydrogen-bond donors (Lipinski definition) is 1. The monoisotopic (exact) mass is 225 g/mol. The summed E-state index contributed by atoms with van der Waals surface area (Å²) in [5.74, 6) is 0.680. The van der Waals surface area contributed by atoms with E-state index in [2.05, 4.69) is 30.3 Å². The van der Waals surface area contributed by atoms with Crippen LogP contribution in [-0.4, -0.2) is 29.5 Å². The lowest BCUT2D eigenvalue weighted by molar-refractivity contribution is 0.135. The molecule has 0 saturated carbocycles. The van der Waals surface area contributed by atoms with E-state index < -0.39 is 0 Å². The van der Waals surface area contributed by atoms with Crippen molar-refractivity contribution in [2.24, 2.45) is 5.92 Å². The minimum atomic E-state index is 0.680. The first-order chi connectivity index (χ1) is 7.74. The predicted octanol–water partition coefficient (Wildman–Crippen LogP) is 1.67. The van der Waals surface area contributed by atoms with Gasteiger partial charge in [-0.2, -0.15) is 5.10 Å². The molecule has 0 fully saturated rings. The Kier molecular flexibility index (Phi) is 6.11. The van der Waals surface area contributed by atoms with Crippen LogP contribution in [0.15, 0.2) is 12.3 Å². The zero-order chi connectivity index (χ0) is 11.8. The van der Waals surface area contributed by atoms with Gasteiger partial charge in [0.2, 0.25) is 0 Å². The molecule has 16 heavy (non-hydrogen) atoms. The summed E-state index contributed by atoms with van der Waals surface area (Å²) in [6.45, 7) is 10.7. The van der Waals surface area contributed by atoms with Gasteiger partial charge in [-0.25, -0.2) is 0 Å². The van der Waals surface area contributed by atoms with E-state index in [-0.39, 0.29) is 0 Å². The molecule has 0 aliphatic heterocycles. The van der Waals surface area contributed by atoms with Crippen molar-refractivity contribution in [3.8, 4) is 0 Å². The van der Waals surface area contributed by atoms with E-state index in [1.165, 1.54) is 5.69 Å². The van der Waals surface area contributed by atoms with Gasteiger partial charge in [0.15, 0.2) is 0 Å². The lowest BCUT2D eigenvalue weighted by atomic mass is 10.2. The van der Waals surface area contributed by atoms with E-state index in [4.69, 9.17) is 4.74 Å². The Hall–Kier alpha value is -0.870. The third-order valence-electron chi connectivity index (χ3n) is 2.31. The Bertz CT molecular complexity index is 284. The van der Waals surface area contributed by atoms with E-state index >= 15 is 0 Å². The fourth-order valence-electron chi connectivity index (χ4n) is 1.50. The third-order valence-corrected chi connectivity index (χ3v) is 2.31. The van der Waals surface area contributed by atoms with Crippen LogP contribution in [0.4, 0.5) is 0 Å². The number of hydrogen-bond acceptors (Lipinski definition) is 3. The highest BCUT2D eigenvalue weighted by molar-refractivity contribution is 4.99. The first kappa shape index (κ1) is 13.2. The molecule has 1 N–H and O–H groups in total. The second-order valence-electron chi connectivity index (χ2n) is 4.27. The van der Waals surface area contributed by atoms with Crippen molar-refractivity contribution in [1.29, 1.82) is 0 Å². The molecule has 0 bridgehead atoms. The first-order valence-electron chi connectivity index (χ1n) is 6.03. The molecule has 0 spiro atoms. The maximum Gasteiger partial charge on any atom is 0.0662 e. The smallest absolute Gasteiger partial charge is 0.0662 e. The average molecular weight is 225 g/mol. The molecular weight excluding hydrogens is 202 g/mol. The lowest BCUT2D eigenvalue weighted by Gasteiger charge is -2.10. The fourth-order valence-corrected chi connectivity index (χ4v) is 1.50. The highest BCUT2D eigenvalue weighted by atomic mass is 16.5. The van der Waals surface area contributed by atoms with Crippen LogP contribution in [0.25, 0.3) is 0 Å². The van der Waals surface area contributed by atoms with Gasteiger partial charge in [-0.05, 0) is 25.5 Å². The Morgan fingerprint density at radius 2 is 2.31 bits per heavy atom. The molecule has 1 aromatic rings. The fraction of sp³-hybridized carbons (Fsp3) is 0.750. The molecule has 1 aromatic heterocycles. The van der Waals surface area contributed by atoms with Crippen molar-refractivity contribution < 1.29 is 4.74 Å². The van der Waals surface area contributed by atoms with Crippen LogP contribution in [0, 0.1) is 5.92 Å². The molecule has 0 aliphatic rings. The Balaban J connectivity index is 2.32. The summed E-state index contributed by atoms with van der Waals surface area (Å²) in [6, 6.07) is 2.05. The lowest BCUT2D eigenvalue weighted by Crippen LogP contribution is -2.21. The summed E-state index contributed by atoms with van der Waals surface area (Å²) in [4.78, 5) is 0. The molecule has 4 nitrogen and oxygen atoms in total. The Morgan fingerprint density at radius 3 is 3.00 bits per heavy atom. The van der Waals surface area contributed by atoms with Gasteiger partial charge in [0.1, 0.15) is 0 Å². The molecule has 0 aliphatic carbocycles. The maximum absolute atomic E-state index is 5.32. The van der Waals surface area contributed by atoms with Crippen LogP contribution >= 0.6 is 0 Å². The molecule has 0 radical (unpaired) electrons. The van der Waals surface area contributed by atoms with Gasteiger partial charge < -0.3 is 10.1 Å². The second kappa shape index (κ2) is 7.41. The molecule has 1 rings (SSSR count). The van der Waals surface area contributed by atoms with E-state index in [1.54, 1.807) is 0 Å². The molecule has 0 atom stereocenters. The van der Waals surface area contributed by atoms with Gasteiger partial charge in [-0.1, -0.05) is 13.8 Å².